The molecule has 0 radical (unpaired) electrons. The number of carbonyl (C=O) groups is 1. The SMILES string of the molecule is Cc1ccc2c(c1)c1c(n2C)C(=O)N(C)CCC1. The summed E-state index contributed by atoms with van der Waals surface area (Å²) in [6.07, 6.45) is 2.04. The zero-order valence-corrected chi connectivity index (χ0v) is 11.2. The molecule has 0 saturated carbocycles. The second kappa shape index (κ2) is 3.87. The molecule has 0 spiro atoms. The minimum absolute atomic E-state index is 0.152. The Morgan fingerprint density at radius 3 is 2.78 bits per heavy atom. The van der Waals surface area contributed by atoms with Gasteiger partial charge in [-0.1, -0.05) is 11.6 Å². The Morgan fingerprint density at radius 2 is 2.00 bits per heavy atom. The lowest BCUT2D eigenvalue weighted by Gasteiger charge is -2.14. The molecule has 1 aromatic heterocycles. The molecular formula is C15H18N2O. The Balaban J connectivity index is 2.36. The highest BCUT2D eigenvalue weighted by atomic mass is 16.2. The summed E-state index contributed by atoms with van der Waals surface area (Å²) in [7, 11) is 3.88. The summed E-state index contributed by atoms with van der Waals surface area (Å²) in [4.78, 5) is 14.2. The topological polar surface area (TPSA) is 25.2 Å². The van der Waals surface area contributed by atoms with Gasteiger partial charge in [-0.15, -0.1) is 0 Å². The van der Waals surface area contributed by atoms with E-state index < -0.39 is 0 Å². The van der Waals surface area contributed by atoms with E-state index in [0.29, 0.717) is 0 Å². The van der Waals surface area contributed by atoms with Crippen molar-refractivity contribution in [2.24, 2.45) is 7.05 Å². The maximum absolute atomic E-state index is 12.4. The van der Waals surface area contributed by atoms with Crippen LogP contribution in [0.2, 0.25) is 0 Å². The molecule has 1 amide bonds. The lowest BCUT2D eigenvalue weighted by molar-refractivity contribution is 0.0791. The van der Waals surface area contributed by atoms with Crippen LogP contribution in [0.15, 0.2) is 18.2 Å². The van der Waals surface area contributed by atoms with Crippen molar-refractivity contribution in [2.75, 3.05) is 13.6 Å². The first-order chi connectivity index (χ1) is 8.59. The van der Waals surface area contributed by atoms with Crippen LogP contribution in [0.1, 0.15) is 28.0 Å². The molecule has 0 fully saturated rings. The van der Waals surface area contributed by atoms with E-state index in [0.717, 1.165) is 30.6 Å². The van der Waals surface area contributed by atoms with Gasteiger partial charge >= 0.3 is 0 Å². The number of fused-ring (bicyclic) bond motifs is 3. The van der Waals surface area contributed by atoms with Crippen molar-refractivity contribution in [2.45, 2.75) is 19.8 Å². The van der Waals surface area contributed by atoms with E-state index in [4.69, 9.17) is 0 Å². The zero-order chi connectivity index (χ0) is 12.9. The van der Waals surface area contributed by atoms with Gasteiger partial charge < -0.3 is 9.47 Å². The van der Waals surface area contributed by atoms with E-state index >= 15 is 0 Å². The van der Waals surface area contributed by atoms with E-state index in [1.807, 2.05) is 23.6 Å². The molecule has 1 aliphatic heterocycles. The second-order valence-electron chi connectivity index (χ2n) is 5.24. The monoisotopic (exact) mass is 242 g/mol. The number of aromatic nitrogens is 1. The molecule has 1 aliphatic rings. The van der Waals surface area contributed by atoms with Crippen LogP contribution < -0.4 is 0 Å². The van der Waals surface area contributed by atoms with Crippen LogP contribution in [0.4, 0.5) is 0 Å². The van der Waals surface area contributed by atoms with Crippen LogP contribution in [0.25, 0.3) is 10.9 Å². The number of hydrogen-bond acceptors (Lipinski definition) is 1. The highest BCUT2D eigenvalue weighted by molar-refractivity contribution is 6.02. The maximum atomic E-state index is 12.4. The Morgan fingerprint density at radius 1 is 1.22 bits per heavy atom. The molecule has 94 valence electrons. The Labute approximate surface area is 107 Å². The van der Waals surface area contributed by atoms with Crippen LogP contribution in [-0.2, 0) is 13.5 Å². The third kappa shape index (κ3) is 1.47. The Hall–Kier alpha value is -1.77. The molecule has 0 unspecified atom stereocenters. The third-order valence-corrected chi connectivity index (χ3v) is 3.93. The van der Waals surface area contributed by atoms with Gasteiger partial charge in [-0.05, 0) is 37.5 Å². The van der Waals surface area contributed by atoms with Crippen molar-refractivity contribution < 1.29 is 4.79 Å². The highest BCUT2D eigenvalue weighted by Gasteiger charge is 2.25. The van der Waals surface area contributed by atoms with Gasteiger partial charge in [-0.2, -0.15) is 0 Å². The second-order valence-corrected chi connectivity index (χ2v) is 5.24. The van der Waals surface area contributed by atoms with Gasteiger partial charge in [0.2, 0.25) is 0 Å². The number of rotatable bonds is 0. The number of aryl methyl sites for hydroxylation is 3. The first-order valence-corrected chi connectivity index (χ1v) is 6.43. The zero-order valence-electron chi connectivity index (χ0n) is 11.2. The standard InChI is InChI=1S/C15H18N2O/c1-10-6-7-13-12(9-10)11-5-4-8-16(2)15(18)14(11)17(13)3/h6-7,9H,4-5,8H2,1-3H3. The molecule has 3 rings (SSSR count). The fourth-order valence-electron chi connectivity index (χ4n) is 2.94. The summed E-state index contributed by atoms with van der Waals surface area (Å²) in [5.74, 6) is 0.152. The maximum Gasteiger partial charge on any atom is 0.270 e. The molecular weight excluding hydrogens is 224 g/mol. The first kappa shape index (κ1) is 11.3. The molecule has 2 heterocycles. The summed E-state index contributed by atoms with van der Waals surface area (Å²) in [5, 5.41) is 1.25. The summed E-state index contributed by atoms with van der Waals surface area (Å²) in [5.41, 5.74) is 4.51. The summed E-state index contributed by atoms with van der Waals surface area (Å²) < 4.78 is 2.05. The summed E-state index contributed by atoms with van der Waals surface area (Å²) >= 11 is 0. The molecule has 0 N–H and O–H groups in total. The molecule has 0 aliphatic carbocycles. The van der Waals surface area contributed by atoms with Gasteiger partial charge in [0.15, 0.2) is 0 Å². The third-order valence-electron chi connectivity index (χ3n) is 3.93. The van der Waals surface area contributed by atoms with Crippen molar-refractivity contribution in [3.05, 3.63) is 35.0 Å². The molecule has 3 heteroatoms. The quantitative estimate of drug-likeness (QED) is 0.697. The van der Waals surface area contributed by atoms with E-state index in [1.54, 1.807) is 0 Å². The van der Waals surface area contributed by atoms with E-state index in [2.05, 4.69) is 25.1 Å². The number of benzene rings is 1. The minimum Gasteiger partial charge on any atom is -0.340 e. The van der Waals surface area contributed by atoms with E-state index in [9.17, 15) is 4.79 Å². The Bertz CT molecular complexity index is 639. The molecule has 18 heavy (non-hydrogen) atoms. The molecule has 0 saturated heterocycles. The van der Waals surface area contributed by atoms with Crippen LogP contribution in [-0.4, -0.2) is 29.0 Å². The van der Waals surface area contributed by atoms with Crippen LogP contribution >= 0.6 is 0 Å². The highest BCUT2D eigenvalue weighted by Crippen LogP contribution is 2.30. The first-order valence-electron chi connectivity index (χ1n) is 6.43. The van der Waals surface area contributed by atoms with Crippen molar-refractivity contribution in [3.63, 3.8) is 0 Å². The van der Waals surface area contributed by atoms with Gasteiger partial charge in [0.1, 0.15) is 5.69 Å². The summed E-state index contributed by atoms with van der Waals surface area (Å²) in [6, 6.07) is 6.43. The lowest BCUT2D eigenvalue weighted by atomic mass is 10.0. The molecule has 3 nitrogen and oxygen atoms in total. The van der Waals surface area contributed by atoms with Crippen LogP contribution in [0.3, 0.4) is 0 Å². The Kier molecular flexibility index (Phi) is 2.44. The average Bonchev–Trinajstić information content (AvgIpc) is 2.51. The average molecular weight is 242 g/mol. The fourth-order valence-corrected chi connectivity index (χ4v) is 2.94. The normalized spacial score (nSPS) is 15.9. The van der Waals surface area contributed by atoms with E-state index in [-0.39, 0.29) is 5.91 Å². The van der Waals surface area contributed by atoms with Crippen molar-refractivity contribution in [3.8, 4) is 0 Å². The van der Waals surface area contributed by atoms with Crippen LogP contribution in [0.5, 0.6) is 0 Å². The van der Waals surface area contributed by atoms with Crippen molar-refractivity contribution in [1.82, 2.24) is 9.47 Å². The molecule has 0 bridgehead atoms. The molecule has 0 atom stereocenters. The van der Waals surface area contributed by atoms with Gasteiger partial charge in [0, 0.05) is 31.5 Å². The van der Waals surface area contributed by atoms with Crippen molar-refractivity contribution >= 4 is 16.8 Å². The van der Waals surface area contributed by atoms with Gasteiger partial charge in [-0.3, -0.25) is 4.79 Å². The van der Waals surface area contributed by atoms with Crippen LogP contribution in [0, 0.1) is 6.92 Å². The van der Waals surface area contributed by atoms with E-state index in [1.165, 1.54) is 16.5 Å². The predicted molar refractivity (Wildman–Crippen MR) is 72.9 cm³/mol. The van der Waals surface area contributed by atoms with Gasteiger partial charge in [-0.25, -0.2) is 0 Å². The lowest BCUT2D eigenvalue weighted by Crippen LogP contribution is -2.27. The number of hydrogen-bond donors (Lipinski definition) is 0. The largest absolute Gasteiger partial charge is 0.340 e. The number of carbonyl (C=O) groups excluding carboxylic acids is 1. The number of amides is 1. The fraction of sp³-hybridized carbons (Fsp3) is 0.400. The van der Waals surface area contributed by atoms with Gasteiger partial charge in [0.05, 0.1) is 0 Å². The molecule has 2 aromatic rings. The van der Waals surface area contributed by atoms with Crippen molar-refractivity contribution in [1.29, 1.82) is 0 Å². The smallest absolute Gasteiger partial charge is 0.270 e. The predicted octanol–water partition coefficient (Wildman–Crippen LogP) is 2.50. The number of nitrogens with zero attached hydrogens (tertiary/aromatic N) is 2. The molecule has 1 aromatic carbocycles. The summed E-state index contributed by atoms with van der Waals surface area (Å²) in [6.45, 7) is 2.95. The minimum atomic E-state index is 0.152. The van der Waals surface area contributed by atoms with Gasteiger partial charge in [0.25, 0.3) is 5.91 Å².